The summed E-state index contributed by atoms with van der Waals surface area (Å²) in [4.78, 5) is 19.0. The van der Waals surface area contributed by atoms with Gasteiger partial charge < -0.3 is 9.47 Å². The van der Waals surface area contributed by atoms with Gasteiger partial charge in [-0.3, -0.25) is 9.48 Å². The van der Waals surface area contributed by atoms with Gasteiger partial charge in [0, 0.05) is 44.4 Å². The third-order valence-electron chi connectivity index (χ3n) is 4.41. The van der Waals surface area contributed by atoms with E-state index in [1.54, 1.807) is 12.4 Å². The maximum atomic E-state index is 12.5. The SMILES string of the molecule is O=c1c(N2CCC(n3cccn3)C2)nccn1CC1CC1. The topological polar surface area (TPSA) is 56.0 Å². The first-order valence-corrected chi connectivity index (χ1v) is 7.61. The van der Waals surface area contributed by atoms with Crippen molar-refractivity contribution in [3.05, 3.63) is 41.2 Å². The molecular formula is C15H19N5O. The molecule has 1 aliphatic heterocycles. The first kappa shape index (κ1) is 12.6. The molecule has 21 heavy (non-hydrogen) atoms. The smallest absolute Gasteiger partial charge is 0.293 e. The van der Waals surface area contributed by atoms with Crippen LogP contribution in [-0.2, 0) is 6.54 Å². The molecule has 3 heterocycles. The summed E-state index contributed by atoms with van der Waals surface area (Å²) in [5.74, 6) is 1.28. The zero-order chi connectivity index (χ0) is 14.2. The zero-order valence-electron chi connectivity index (χ0n) is 11.9. The summed E-state index contributed by atoms with van der Waals surface area (Å²) in [6.45, 7) is 2.50. The van der Waals surface area contributed by atoms with Crippen LogP contribution in [0.1, 0.15) is 25.3 Å². The standard InChI is InChI=1S/C15H19N5O/c21-15-14(16-6-9-19(15)10-12-2-3-12)18-8-4-13(11-18)20-7-1-5-17-20/h1,5-7,9,12-13H,2-4,8,10-11H2. The van der Waals surface area contributed by atoms with E-state index in [1.165, 1.54) is 12.8 Å². The Morgan fingerprint density at radius 3 is 2.86 bits per heavy atom. The highest BCUT2D eigenvalue weighted by molar-refractivity contribution is 5.37. The number of nitrogens with zero attached hydrogens (tertiary/aromatic N) is 5. The molecular weight excluding hydrogens is 266 g/mol. The number of rotatable bonds is 4. The largest absolute Gasteiger partial charge is 0.350 e. The molecule has 1 atom stereocenters. The van der Waals surface area contributed by atoms with Crippen LogP contribution in [0.2, 0.25) is 0 Å². The molecule has 6 heteroatoms. The van der Waals surface area contributed by atoms with Crippen molar-refractivity contribution in [2.24, 2.45) is 5.92 Å². The molecule has 0 amide bonds. The Hall–Kier alpha value is -2.11. The van der Waals surface area contributed by atoms with E-state index in [1.807, 2.05) is 27.7 Å². The van der Waals surface area contributed by atoms with Gasteiger partial charge in [-0.15, -0.1) is 0 Å². The van der Waals surface area contributed by atoms with E-state index in [-0.39, 0.29) is 5.56 Å². The van der Waals surface area contributed by atoms with Gasteiger partial charge in [-0.25, -0.2) is 4.98 Å². The molecule has 4 rings (SSSR count). The van der Waals surface area contributed by atoms with Gasteiger partial charge in [0.25, 0.3) is 5.56 Å². The molecule has 0 N–H and O–H groups in total. The molecule has 0 spiro atoms. The monoisotopic (exact) mass is 285 g/mol. The van der Waals surface area contributed by atoms with Crippen molar-refractivity contribution >= 4 is 5.82 Å². The molecule has 1 saturated heterocycles. The van der Waals surface area contributed by atoms with E-state index in [0.29, 0.717) is 17.8 Å². The Kier molecular flexibility index (Phi) is 3.02. The fraction of sp³-hybridized carbons (Fsp3) is 0.533. The summed E-state index contributed by atoms with van der Waals surface area (Å²) in [6, 6.07) is 2.27. The third kappa shape index (κ3) is 2.46. The summed E-state index contributed by atoms with van der Waals surface area (Å²) >= 11 is 0. The normalized spacial score (nSPS) is 21.9. The van der Waals surface area contributed by atoms with Crippen molar-refractivity contribution in [2.45, 2.75) is 31.8 Å². The van der Waals surface area contributed by atoms with E-state index >= 15 is 0 Å². The Balaban J connectivity index is 1.55. The first-order chi connectivity index (χ1) is 10.3. The van der Waals surface area contributed by atoms with E-state index in [9.17, 15) is 4.79 Å². The van der Waals surface area contributed by atoms with E-state index in [0.717, 1.165) is 26.1 Å². The average molecular weight is 285 g/mol. The highest BCUT2D eigenvalue weighted by Crippen LogP contribution is 2.30. The molecule has 2 fully saturated rings. The van der Waals surface area contributed by atoms with Crippen LogP contribution in [0.15, 0.2) is 35.6 Å². The van der Waals surface area contributed by atoms with Gasteiger partial charge in [-0.1, -0.05) is 0 Å². The number of hydrogen-bond acceptors (Lipinski definition) is 4. The maximum Gasteiger partial charge on any atom is 0.293 e. The average Bonchev–Trinajstić information content (AvgIpc) is 2.97. The predicted molar refractivity (Wildman–Crippen MR) is 79.3 cm³/mol. The lowest BCUT2D eigenvalue weighted by atomic mass is 10.3. The van der Waals surface area contributed by atoms with E-state index in [2.05, 4.69) is 15.0 Å². The highest BCUT2D eigenvalue weighted by atomic mass is 16.1. The van der Waals surface area contributed by atoms with Crippen LogP contribution >= 0.6 is 0 Å². The number of anilines is 1. The van der Waals surface area contributed by atoms with Crippen LogP contribution in [0.4, 0.5) is 5.82 Å². The molecule has 6 nitrogen and oxygen atoms in total. The molecule has 2 aliphatic rings. The summed E-state index contributed by atoms with van der Waals surface area (Å²) < 4.78 is 3.80. The Morgan fingerprint density at radius 1 is 1.19 bits per heavy atom. The summed E-state index contributed by atoms with van der Waals surface area (Å²) in [5.41, 5.74) is 0.0468. The second kappa shape index (κ2) is 5.02. The first-order valence-electron chi connectivity index (χ1n) is 7.61. The lowest BCUT2D eigenvalue weighted by molar-refractivity contribution is 0.494. The molecule has 0 aromatic carbocycles. The second-order valence-corrected chi connectivity index (χ2v) is 6.03. The van der Waals surface area contributed by atoms with Crippen molar-refractivity contribution in [3.63, 3.8) is 0 Å². The third-order valence-corrected chi connectivity index (χ3v) is 4.41. The fourth-order valence-electron chi connectivity index (χ4n) is 3.02. The predicted octanol–water partition coefficient (Wildman–Crippen LogP) is 1.30. The van der Waals surface area contributed by atoms with Crippen molar-refractivity contribution < 1.29 is 0 Å². The van der Waals surface area contributed by atoms with Gasteiger partial charge in [-0.05, 0) is 31.2 Å². The quantitative estimate of drug-likeness (QED) is 0.849. The van der Waals surface area contributed by atoms with Crippen molar-refractivity contribution in [2.75, 3.05) is 18.0 Å². The minimum atomic E-state index is 0.0468. The minimum Gasteiger partial charge on any atom is -0.350 e. The molecule has 0 radical (unpaired) electrons. The fourth-order valence-corrected chi connectivity index (χ4v) is 3.02. The van der Waals surface area contributed by atoms with Gasteiger partial charge in [0.1, 0.15) is 0 Å². The Morgan fingerprint density at radius 2 is 2.10 bits per heavy atom. The minimum absolute atomic E-state index is 0.0468. The van der Waals surface area contributed by atoms with Gasteiger partial charge in [0.05, 0.1) is 6.04 Å². The molecule has 2 aromatic rings. The van der Waals surface area contributed by atoms with Crippen LogP contribution in [0, 0.1) is 5.92 Å². The number of aromatic nitrogens is 4. The maximum absolute atomic E-state index is 12.5. The summed E-state index contributed by atoms with van der Waals surface area (Å²) in [7, 11) is 0. The molecule has 2 aromatic heterocycles. The van der Waals surface area contributed by atoms with E-state index in [4.69, 9.17) is 0 Å². The van der Waals surface area contributed by atoms with Crippen molar-refractivity contribution in [1.29, 1.82) is 0 Å². The van der Waals surface area contributed by atoms with Gasteiger partial charge in [-0.2, -0.15) is 5.10 Å². The molecule has 1 aliphatic carbocycles. The Labute approximate surface area is 123 Å². The summed E-state index contributed by atoms with van der Waals surface area (Å²) in [5, 5.41) is 4.30. The number of hydrogen-bond donors (Lipinski definition) is 0. The van der Waals surface area contributed by atoms with Gasteiger partial charge >= 0.3 is 0 Å². The molecule has 110 valence electrons. The van der Waals surface area contributed by atoms with Crippen LogP contribution in [-0.4, -0.2) is 32.4 Å². The van der Waals surface area contributed by atoms with Crippen LogP contribution in [0.5, 0.6) is 0 Å². The summed E-state index contributed by atoms with van der Waals surface area (Å²) in [6.07, 6.45) is 10.8. The lowest BCUT2D eigenvalue weighted by Gasteiger charge is -2.18. The lowest BCUT2D eigenvalue weighted by Crippen LogP contribution is -2.32. The Bertz CT molecular complexity index is 674. The van der Waals surface area contributed by atoms with Gasteiger partial charge in [0.15, 0.2) is 5.82 Å². The van der Waals surface area contributed by atoms with Gasteiger partial charge in [0.2, 0.25) is 0 Å². The van der Waals surface area contributed by atoms with Crippen LogP contribution in [0.25, 0.3) is 0 Å². The zero-order valence-corrected chi connectivity index (χ0v) is 11.9. The second-order valence-electron chi connectivity index (χ2n) is 6.03. The highest BCUT2D eigenvalue weighted by Gasteiger charge is 2.28. The van der Waals surface area contributed by atoms with Crippen LogP contribution < -0.4 is 10.5 Å². The van der Waals surface area contributed by atoms with Crippen molar-refractivity contribution in [3.8, 4) is 0 Å². The molecule has 1 saturated carbocycles. The molecule has 0 bridgehead atoms. The van der Waals surface area contributed by atoms with Crippen LogP contribution in [0.3, 0.4) is 0 Å². The van der Waals surface area contributed by atoms with Crippen molar-refractivity contribution in [1.82, 2.24) is 19.3 Å². The molecule has 1 unspecified atom stereocenters. The van der Waals surface area contributed by atoms with E-state index < -0.39 is 0 Å².